The quantitative estimate of drug-likeness (QED) is 0.110. The van der Waals surface area contributed by atoms with E-state index in [2.05, 4.69) is 21.4 Å². The van der Waals surface area contributed by atoms with Crippen LogP contribution in [-0.4, -0.2) is 62.3 Å². The standard InChI is InChI=1S/C21H17ClN6O5S2/c1-2-8-33-26-13(12-16(22)35-21(23)25-12)17(29)24-14-18(30)28-15(20(31)32)11(10-34-19(14)28)9-27-6-4-3-5-7-27/h1,3-7,14,19H,8-10H2,(H3-,23,24,25,29,31,32)/p+1/t14?,19-/m0/s1. The third kappa shape index (κ3) is 4.95. The van der Waals surface area contributed by atoms with Crippen molar-refractivity contribution in [3.63, 3.8) is 0 Å². The van der Waals surface area contributed by atoms with Gasteiger partial charge in [-0.2, -0.15) is 0 Å². The van der Waals surface area contributed by atoms with Crippen LogP contribution in [0.2, 0.25) is 4.34 Å². The summed E-state index contributed by atoms with van der Waals surface area (Å²) in [4.78, 5) is 48.2. The molecule has 11 nitrogen and oxygen atoms in total. The van der Waals surface area contributed by atoms with Crippen LogP contribution >= 0.6 is 34.7 Å². The van der Waals surface area contributed by atoms with Gasteiger partial charge in [0.05, 0.1) is 0 Å². The monoisotopic (exact) mass is 533 g/mol. The summed E-state index contributed by atoms with van der Waals surface area (Å²) < 4.78 is 1.93. The molecule has 0 bridgehead atoms. The molecule has 2 aromatic rings. The Bertz CT molecular complexity index is 1290. The number of carboxylic acids is 1. The molecule has 2 atom stereocenters. The Hall–Kier alpha value is -3.60. The number of fused-ring (bicyclic) bond motifs is 1. The SMILES string of the molecule is C#CCON=C(C(=O)NC1C(=O)N2C(C(=O)O)=C(C[n+]3ccccc3)CS[C@@H]12)c1nc(N)sc1Cl. The Kier molecular flexibility index (Phi) is 7.25. The summed E-state index contributed by atoms with van der Waals surface area (Å²) in [5, 5.41) is 15.7. The summed E-state index contributed by atoms with van der Waals surface area (Å²) in [5.41, 5.74) is 5.85. The van der Waals surface area contributed by atoms with Gasteiger partial charge in [-0.3, -0.25) is 14.5 Å². The van der Waals surface area contributed by atoms with Crippen molar-refractivity contribution >= 4 is 63.3 Å². The molecule has 2 aliphatic heterocycles. The summed E-state index contributed by atoms with van der Waals surface area (Å²) >= 11 is 8.41. The van der Waals surface area contributed by atoms with E-state index in [0.717, 1.165) is 11.3 Å². The normalized spacial score (nSPS) is 19.5. The molecule has 2 aromatic heterocycles. The summed E-state index contributed by atoms with van der Waals surface area (Å²) in [7, 11) is 0. The highest BCUT2D eigenvalue weighted by molar-refractivity contribution is 8.00. The van der Waals surface area contributed by atoms with Gasteiger partial charge in [-0.05, 0) is 0 Å². The molecule has 1 unspecified atom stereocenters. The first-order chi connectivity index (χ1) is 16.8. The van der Waals surface area contributed by atoms with Gasteiger partial charge >= 0.3 is 5.97 Å². The molecule has 1 fully saturated rings. The molecule has 180 valence electrons. The molecule has 4 heterocycles. The number of carbonyl (C=O) groups excluding carboxylic acids is 2. The summed E-state index contributed by atoms with van der Waals surface area (Å²) in [6.07, 6.45) is 8.77. The van der Waals surface area contributed by atoms with Crippen molar-refractivity contribution in [3.8, 4) is 12.3 Å². The maximum absolute atomic E-state index is 13.0. The van der Waals surface area contributed by atoms with Crippen molar-refractivity contribution in [2.45, 2.75) is 18.0 Å². The number of oxime groups is 1. The number of nitrogens with one attached hydrogen (secondary N) is 1. The van der Waals surface area contributed by atoms with Crippen LogP contribution in [0.3, 0.4) is 0 Å². The average molecular weight is 534 g/mol. The molecule has 0 aromatic carbocycles. The van der Waals surface area contributed by atoms with Crippen LogP contribution in [0.15, 0.2) is 47.0 Å². The first-order valence-electron chi connectivity index (χ1n) is 10.0. The Morgan fingerprint density at radius 3 is 2.80 bits per heavy atom. The highest BCUT2D eigenvalue weighted by Crippen LogP contribution is 2.40. The number of aliphatic carboxylic acids is 1. The van der Waals surface area contributed by atoms with Crippen LogP contribution in [0.5, 0.6) is 0 Å². The van der Waals surface area contributed by atoms with E-state index in [1.807, 2.05) is 35.2 Å². The molecular formula is C21H18ClN6O5S2+. The number of carboxylic acid groups (broad SMARTS) is 1. The van der Waals surface area contributed by atoms with E-state index in [1.54, 1.807) is 0 Å². The van der Waals surface area contributed by atoms with Crippen LogP contribution in [0.1, 0.15) is 5.69 Å². The molecule has 1 saturated heterocycles. The minimum Gasteiger partial charge on any atom is -0.477 e. The van der Waals surface area contributed by atoms with Crippen molar-refractivity contribution in [1.82, 2.24) is 15.2 Å². The number of nitrogen functional groups attached to an aromatic ring is 1. The largest absolute Gasteiger partial charge is 0.477 e. The second-order valence-corrected chi connectivity index (χ2v) is 10.00. The average Bonchev–Trinajstić information content (AvgIpc) is 3.17. The molecule has 2 amide bonds. The van der Waals surface area contributed by atoms with Crippen LogP contribution < -0.4 is 15.6 Å². The predicted octanol–water partition coefficient (Wildman–Crippen LogP) is 0.459. The zero-order valence-electron chi connectivity index (χ0n) is 17.9. The number of terminal acetylenes is 1. The molecular weight excluding hydrogens is 516 g/mol. The highest BCUT2D eigenvalue weighted by Gasteiger charge is 2.54. The van der Waals surface area contributed by atoms with Crippen molar-refractivity contribution in [2.75, 3.05) is 18.1 Å². The number of pyridine rings is 1. The molecule has 14 heteroatoms. The molecule has 4 N–H and O–H groups in total. The van der Waals surface area contributed by atoms with E-state index in [-0.39, 0.29) is 33.2 Å². The number of nitrogens with zero attached hydrogens (tertiary/aromatic N) is 4. The van der Waals surface area contributed by atoms with E-state index < -0.39 is 29.2 Å². The van der Waals surface area contributed by atoms with Crippen LogP contribution in [-0.2, 0) is 25.8 Å². The third-order valence-electron chi connectivity index (χ3n) is 5.03. The Morgan fingerprint density at radius 2 is 2.17 bits per heavy atom. The van der Waals surface area contributed by atoms with E-state index in [0.29, 0.717) is 17.9 Å². The lowest BCUT2D eigenvalue weighted by Crippen LogP contribution is -2.71. The van der Waals surface area contributed by atoms with Crippen molar-refractivity contribution in [2.24, 2.45) is 5.16 Å². The van der Waals surface area contributed by atoms with Gasteiger partial charge in [0, 0.05) is 23.5 Å². The van der Waals surface area contributed by atoms with E-state index >= 15 is 0 Å². The fraction of sp³-hybridized carbons (Fsp3) is 0.238. The molecule has 2 aliphatic rings. The van der Waals surface area contributed by atoms with Crippen molar-refractivity contribution in [3.05, 3.63) is 51.9 Å². The molecule has 0 saturated carbocycles. The van der Waals surface area contributed by atoms with E-state index in [9.17, 15) is 19.5 Å². The molecule has 0 radical (unpaired) electrons. The maximum Gasteiger partial charge on any atom is 0.352 e. The number of nitrogens with two attached hydrogens (primary N) is 1. The fourth-order valence-corrected chi connectivity index (χ4v) is 5.83. The number of thioether (sulfide) groups is 1. The second kappa shape index (κ2) is 10.3. The number of halogens is 1. The van der Waals surface area contributed by atoms with Crippen LogP contribution in [0, 0.1) is 12.3 Å². The number of rotatable bonds is 8. The molecule has 35 heavy (non-hydrogen) atoms. The number of hydrogen-bond donors (Lipinski definition) is 3. The Morgan fingerprint density at radius 1 is 1.43 bits per heavy atom. The maximum atomic E-state index is 13.0. The van der Waals surface area contributed by atoms with E-state index in [4.69, 9.17) is 28.6 Å². The zero-order chi connectivity index (χ0) is 25.1. The van der Waals surface area contributed by atoms with Gasteiger partial charge in [0.25, 0.3) is 11.8 Å². The Balaban J connectivity index is 1.55. The van der Waals surface area contributed by atoms with Gasteiger partial charge in [-0.15, -0.1) is 18.2 Å². The first kappa shape index (κ1) is 24.5. The smallest absolute Gasteiger partial charge is 0.352 e. The lowest BCUT2D eigenvalue weighted by atomic mass is 10.0. The minimum absolute atomic E-state index is 0.0168. The highest BCUT2D eigenvalue weighted by atomic mass is 35.5. The number of amides is 2. The van der Waals surface area contributed by atoms with Crippen molar-refractivity contribution in [1.29, 1.82) is 0 Å². The lowest BCUT2D eigenvalue weighted by molar-refractivity contribution is -0.689. The van der Waals surface area contributed by atoms with Gasteiger partial charge in [-0.25, -0.2) is 14.3 Å². The number of hydrogen-bond acceptors (Lipinski definition) is 9. The summed E-state index contributed by atoms with van der Waals surface area (Å²) in [6, 6.07) is 4.52. The third-order valence-corrected chi connectivity index (χ3v) is 7.46. The van der Waals surface area contributed by atoms with Gasteiger partial charge < -0.3 is 21.0 Å². The molecule has 4 rings (SSSR count). The second-order valence-electron chi connectivity index (χ2n) is 7.26. The number of aromatic nitrogens is 2. The van der Waals surface area contributed by atoms with Gasteiger partial charge in [-0.1, -0.05) is 40.1 Å². The lowest BCUT2D eigenvalue weighted by Gasteiger charge is -2.49. The van der Waals surface area contributed by atoms with Crippen LogP contribution in [0.4, 0.5) is 5.13 Å². The fourth-order valence-electron chi connectivity index (χ4n) is 3.56. The number of β-lactam (4-membered cyclic amide) rings is 1. The first-order valence-corrected chi connectivity index (χ1v) is 12.3. The van der Waals surface area contributed by atoms with Gasteiger partial charge in [0.1, 0.15) is 27.1 Å². The summed E-state index contributed by atoms with van der Waals surface area (Å²) in [6.45, 7) is 0.105. The van der Waals surface area contributed by atoms with Crippen LogP contribution in [0.25, 0.3) is 0 Å². The number of thiazole rings is 1. The van der Waals surface area contributed by atoms with E-state index in [1.165, 1.54) is 16.7 Å². The van der Waals surface area contributed by atoms with Gasteiger partial charge in [0.15, 0.2) is 36.4 Å². The number of anilines is 1. The Labute approximate surface area is 212 Å². The van der Waals surface area contributed by atoms with Gasteiger partial charge in [0.2, 0.25) is 0 Å². The number of carbonyl (C=O) groups is 3. The summed E-state index contributed by atoms with van der Waals surface area (Å²) in [5.74, 6) is 0.0160. The zero-order valence-corrected chi connectivity index (χ0v) is 20.3. The molecule has 0 spiro atoms. The minimum atomic E-state index is -1.21. The predicted molar refractivity (Wildman–Crippen MR) is 129 cm³/mol. The van der Waals surface area contributed by atoms with Crippen molar-refractivity contribution < 1.29 is 28.9 Å². The topological polar surface area (TPSA) is 151 Å². The molecule has 0 aliphatic carbocycles.